The Morgan fingerprint density at radius 1 is 1.24 bits per heavy atom. The lowest BCUT2D eigenvalue weighted by molar-refractivity contribution is 0.0778. The molecule has 0 atom stereocenters. The number of hydrogen-bond acceptors (Lipinski definition) is 8. The number of aliphatic hydroxyl groups is 1. The van der Waals surface area contributed by atoms with Crippen LogP contribution in [0.1, 0.15) is 35.6 Å². The second-order valence-electron chi connectivity index (χ2n) is 7.40. The molecule has 2 heterocycles. The molecule has 3 rings (SSSR count). The first-order valence-corrected chi connectivity index (χ1v) is 10.4. The number of anilines is 2. The molecular formula is C21H21F2N5O4S. The molecule has 5 N–H and O–H groups in total. The summed E-state index contributed by atoms with van der Waals surface area (Å²) in [5.74, 6) is -2.18. The summed E-state index contributed by atoms with van der Waals surface area (Å²) in [5, 5.41) is 15.4. The quantitative estimate of drug-likeness (QED) is 0.409. The molecule has 0 aliphatic carbocycles. The van der Waals surface area contributed by atoms with Crippen LogP contribution in [0.5, 0.6) is 0 Å². The SMILES string of the molecule is CNC(=O)OCc1nccc(Nc2sc(-c3c(F)cc(C(C)(C)O)cc3F)cc2C(N)=O)n1. The fraction of sp³-hybridized carbons (Fsp3) is 0.238. The van der Waals surface area contributed by atoms with Crippen LogP contribution in [0, 0.1) is 11.6 Å². The van der Waals surface area contributed by atoms with E-state index in [2.05, 4.69) is 20.6 Å². The smallest absolute Gasteiger partial charge is 0.407 e. The molecule has 12 heteroatoms. The zero-order valence-electron chi connectivity index (χ0n) is 17.9. The van der Waals surface area contributed by atoms with E-state index < -0.39 is 29.2 Å². The first-order chi connectivity index (χ1) is 15.5. The highest BCUT2D eigenvalue weighted by Crippen LogP contribution is 2.40. The normalized spacial score (nSPS) is 11.2. The summed E-state index contributed by atoms with van der Waals surface area (Å²) in [5.41, 5.74) is 3.73. The van der Waals surface area contributed by atoms with Gasteiger partial charge in [0.05, 0.1) is 16.7 Å². The van der Waals surface area contributed by atoms with Crippen molar-refractivity contribution in [2.45, 2.75) is 26.1 Å². The van der Waals surface area contributed by atoms with E-state index >= 15 is 0 Å². The van der Waals surface area contributed by atoms with Gasteiger partial charge in [-0.3, -0.25) is 4.79 Å². The number of carbonyl (C=O) groups is 2. The fourth-order valence-corrected chi connectivity index (χ4v) is 3.93. The molecular weight excluding hydrogens is 456 g/mol. The van der Waals surface area contributed by atoms with Crippen molar-refractivity contribution in [3.05, 3.63) is 59.0 Å². The first kappa shape index (κ1) is 24.0. The van der Waals surface area contributed by atoms with E-state index in [1.165, 1.54) is 39.2 Å². The highest BCUT2D eigenvalue weighted by molar-refractivity contribution is 7.20. The number of rotatable bonds is 7. The van der Waals surface area contributed by atoms with Gasteiger partial charge in [-0.15, -0.1) is 11.3 Å². The molecule has 0 radical (unpaired) electrons. The van der Waals surface area contributed by atoms with Crippen molar-refractivity contribution in [2.75, 3.05) is 12.4 Å². The van der Waals surface area contributed by atoms with Crippen molar-refractivity contribution >= 4 is 34.2 Å². The summed E-state index contributed by atoms with van der Waals surface area (Å²) in [6.07, 6.45) is 0.751. The number of nitrogens with zero attached hydrogens (tertiary/aromatic N) is 2. The average molecular weight is 477 g/mol. The van der Waals surface area contributed by atoms with E-state index in [0.717, 1.165) is 23.5 Å². The zero-order chi connectivity index (χ0) is 24.3. The van der Waals surface area contributed by atoms with Gasteiger partial charge in [-0.2, -0.15) is 0 Å². The molecule has 0 spiro atoms. The average Bonchev–Trinajstić information content (AvgIpc) is 3.14. The summed E-state index contributed by atoms with van der Waals surface area (Å²) in [6, 6.07) is 4.85. The topological polar surface area (TPSA) is 139 Å². The molecule has 0 unspecified atom stereocenters. The Labute approximate surface area is 191 Å². The number of carbonyl (C=O) groups excluding carboxylic acids is 2. The molecule has 174 valence electrons. The molecule has 0 saturated carbocycles. The van der Waals surface area contributed by atoms with E-state index in [1.807, 2.05) is 0 Å². The monoisotopic (exact) mass is 477 g/mol. The molecule has 0 bridgehead atoms. The van der Waals surface area contributed by atoms with Gasteiger partial charge in [0, 0.05) is 18.1 Å². The number of alkyl carbamates (subject to hydrolysis) is 1. The van der Waals surface area contributed by atoms with Crippen LogP contribution >= 0.6 is 11.3 Å². The molecule has 0 aliphatic rings. The number of amides is 2. The number of benzene rings is 1. The van der Waals surface area contributed by atoms with Crippen LogP contribution in [-0.2, 0) is 16.9 Å². The van der Waals surface area contributed by atoms with Gasteiger partial charge in [-0.25, -0.2) is 23.5 Å². The van der Waals surface area contributed by atoms with Crippen molar-refractivity contribution in [3.63, 3.8) is 0 Å². The second-order valence-corrected chi connectivity index (χ2v) is 8.45. The number of nitrogens with two attached hydrogens (primary N) is 1. The second kappa shape index (κ2) is 9.46. The third-order valence-electron chi connectivity index (χ3n) is 4.48. The number of thiophene rings is 1. The summed E-state index contributed by atoms with van der Waals surface area (Å²) in [6.45, 7) is 2.63. The number of ether oxygens (including phenoxy) is 1. The maximum Gasteiger partial charge on any atom is 0.407 e. The van der Waals surface area contributed by atoms with Crippen LogP contribution < -0.4 is 16.4 Å². The minimum atomic E-state index is -1.44. The minimum absolute atomic E-state index is 0.00198. The van der Waals surface area contributed by atoms with Gasteiger partial charge in [0.2, 0.25) is 0 Å². The largest absolute Gasteiger partial charge is 0.441 e. The first-order valence-electron chi connectivity index (χ1n) is 9.59. The summed E-state index contributed by atoms with van der Waals surface area (Å²) >= 11 is 0.895. The molecule has 3 aromatic rings. The molecule has 0 fully saturated rings. The van der Waals surface area contributed by atoms with Crippen molar-refractivity contribution < 1.29 is 28.2 Å². The highest BCUT2D eigenvalue weighted by atomic mass is 32.1. The Morgan fingerprint density at radius 2 is 1.91 bits per heavy atom. The number of aromatic nitrogens is 2. The van der Waals surface area contributed by atoms with Gasteiger partial charge in [0.1, 0.15) is 22.5 Å². The lowest BCUT2D eigenvalue weighted by Gasteiger charge is -2.18. The molecule has 2 aromatic heterocycles. The van der Waals surface area contributed by atoms with E-state index in [0.29, 0.717) is 0 Å². The van der Waals surface area contributed by atoms with Gasteiger partial charge in [-0.1, -0.05) is 0 Å². The Kier molecular flexibility index (Phi) is 6.89. The Balaban J connectivity index is 1.95. The lowest BCUT2D eigenvalue weighted by atomic mass is 9.96. The zero-order valence-corrected chi connectivity index (χ0v) is 18.7. The molecule has 0 saturated heterocycles. The predicted octanol–water partition coefficient (Wildman–Crippen LogP) is 3.41. The number of nitrogens with one attached hydrogen (secondary N) is 2. The van der Waals surface area contributed by atoms with Crippen LogP contribution in [0.15, 0.2) is 30.5 Å². The fourth-order valence-electron chi connectivity index (χ4n) is 2.81. The Morgan fingerprint density at radius 3 is 2.48 bits per heavy atom. The molecule has 2 amide bonds. The third kappa shape index (κ3) is 5.59. The number of hydrogen-bond donors (Lipinski definition) is 4. The molecule has 33 heavy (non-hydrogen) atoms. The summed E-state index contributed by atoms with van der Waals surface area (Å²) < 4.78 is 34.5. The van der Waals surface area contributed by atoms with Gasteiger partial charge in [0.25, 0.3) is 5.91 Å². The van der Waals surface area contributed by atoms with Crippen LogP contribution in [0.3, 0.4) is 0 Å². The Hall–Kier alpha value is -3.64. The van der Waals surface area contributed by atoms with Crippen LogP contribution in [0.25, 0.3) is 10.4 Å². The number of primary amides is 1. The maximum atomic E-state index is 14.8. The van der Waals surface area contributed by atoms with Crippen LogP contribution in [0.2, 0.25) is 0 Å². The molecule has 1 aromatic carbocycles. The van der Waals surface area contributed by atoms with Crippen LogP contribution in [-0.4, -0.2) is 34.1 Å². The van der Waals surface area contributed by atoms with Gasteiger partial charge >= 0.3 is 6.09 Å². The lowest BCUT2D eigenvalue weighted by Crippen LogP contribution is -2.19. The standard InChI is InChI=1S/C21H21F2N5O4S/c1-21(2,31)10-6-12(22)17(13(23)7-10)14-8-11(18(24)29)19(33-14)28-15-4-5-26-16(27-15)9-32-20(30)25-3/h4-8,31H,9H2,1-3H3,(H2,24,29)(H,25,30)(H,26,27,28). The van der Waals surface area contributed by atoms with E-state index in [9.17, 15) is 23.5 Å². The minimum Gasteiger partial charge on any atom is -0.441 e. The van der Waals surface area contributed by atoms with Crippen molar-refractivity contribution in [3.8, 4) is 10.4 Å². The van der Waals surface area contributed by atoms with Crippen molar-refractivity contribution in [2.24, 2.45) is 5.73 Å². The predicted molar refractivity (Wildman–Crippen MR) is 118 cm³/mol. The summed E-state index contributed by atoms with van der Waals surface area (Å²) in [4.78, 5) is 31.5. The Bertz CT molecular complexity index is 1190. The van der Waals surface area contributed by atoms with Crippen LogP contribution in [0.4, 0.5) is 24.4 Å². The van der Waals surface area contributed by atoms with E-state index in [1.54, 1.807) is 0 Å². The van der Waals surface area contributed by atoms with E-state index in [-0.39, 0.29) is 44.8 Å². The van der Waals surface area contributed by atoms with Crippen molar-refractivity contribution in [1.29, 1.82) is 0 Å². The summed E-state index contributed by atoms with van der Waals surface area (Å²) in [7, 11) is 1.41. The van der Waals surface area contributed by atoms with E-state index in [4.69, 9.17) is 10.5 Å². The number of halogens is 2. The van der Waals surface area contributed by atoms with Gasteiger partial charge in [-0.05, 0) is 43.7 Å². The molecule has 0 aliphatic heterocycles. The third-order valence-corrected chi connectivity index (χ3v) is 5.54. The van der Waals surface area contributed by atoms with Crippen molar-refractivity contribution in [1.82, 2.24) is 15.3 Å². The molecule has 9 nitrogen and oxygen atoms in total. The maximum absolute atomic E-state index is 14.8. The van der Waals surface area contributed by atoms with Gasteiger partial charge < -0.3 is 26.2 Å². The highest BCUT2D eigenvalue weighted by Gasteiger charge is 2.24. The van der Waals surface area contributed by atoms with Gasteiger partial charge in [0.15, 0.2) is 12.4 Å².